The molecule has 16 heavy (non-hydrogen) atoms. The van der Waals surface area contributed by atoms with Gasteiger partial charge in [0.1, 0.15) is 5.82 Å². The van der Waals surface area contributed by atoms with Crippen LogP contribution in [0.15, 0.2) is 24.3 Å². The second-order valence-electron chi connectivity index (χ2n) is 4.12. The average Bonchev–Trinajstić information content (AvgIpc) is 2.20. The van der Waals surface area contributed by atoms with Crippen LogP contribution in [0.25, 0.3) is 0 Å². The van der Waals surface area contributed by atoms with Crippen LogP contribution < -0.4 is 11.1 Å². The minimum Gasteiger partial charge on any atom is -0.369 e. The first-order valence-corrected chi connectivity index (χ1v) is 5.28. The van der Waals surface area contributed by atoms with E-state index in [-0.39, 0.29) is 18.4 Å². The van der Waals surface area contributed by atoms with Crippen molar-refractivity contribution in [3.8, 4) is 0 Å². The maximum Gasteiger partial charge on any atom is 0.231 e. The van der Waals surface area contributed by atoms with E-state index in [1.165, 1.54) is 12.1 Å². The van der Waals surface area contributed by atoms with E-state index in [1.54, 1.807) is 12.1 Å². The first-order chi connectivity index (χ1) is 7.50. The van der Waals surface area contributed by atoms with Gasteiger partial charge in [0.2, 0.25) is 5.91 Å². The van der Waals surface area contributed by atoms with Gasteiger partial charge in [-0.3, -0.25) is 4.79 Å². The highest BCUT2D eigenvalue weighted by atomic mass is 19.1. The van der Waals surface area contributed by atoms with Crippen LogP contribution >= 0.6 is 0 Å². The summed E-state index contributed by atoms with van der Waals surface area (Å²) < 4.78 is 12.8. The van der Waals surface area contributed by atoms with Crippen LogP contribution in [0.1, 0.15) is 25.5 Å². The van der Waals surface area contributed by atoms with Crippen LogP contribution in [0.4, 0.5) is 4.39 Å². The lowest BCUT2D eigenvalue weighted by Crippen LogP contribution is -2.34. The molecule has 1 aromatic rings. The molecule has 1 rings (SSSR count). The van der Waals surface area contributed by atoms with E-state index in [4.69, 9.17) is 5.73 Å². The molecule has 1 aromatic carbocycles. The fourth-order valence-corrected chi connectivity index (χ4v) is 1.62. The Bertz CT molecular complexity index is 349. The zero-order valence-electron chi connectivity index (χ0n) is 9.53. The Morgan fingerprint density at radius 2 is 1.94 bits per heavy atom. The summed E-state index contributed by atoms with van der Waals surface area (Å²) in [5.41, 5.74) is 6.04. The minimum absolute atomic E-state index is 0.00750. The maximum absolute atomic E-state index is 12.8. The first-order valence-electron chi connectivity index (χ1n) is 5.28. The van der Waals surface area contributed by atoms with Gasteiger partial charge in [-0.25, -0.2) is 4.39 Å². The number of primary amides is 1. The third-order valence-electron chi connectivity index (χ3n) is 2.39. The Labute approximate surface area is 94.8 Å². The second-order valence-corrected chi connectivity index (χ2v) is 4.12. The summed E-state index contributed by atoms with van der Waals surface area (Å²) in [5, 5.41) is 3.06. The predicted molar refractivity (Wildman–Crippen MR) is 61.2 cm³/mol. The van der Waals surface area contributed by atoms with Crippen molar-refractivity contribution >= 4 is 5.91 Å². The molecule has 0 fully saturated rings. The topological polar surface area (TPSA) is 55.1 Å². The zero-order chi connectivity index (χ0) is 12.1. The normalized spacial score (nSPS) is 12.8. The Hall–Kier alpha value is -1.42. The summed E-state index contributed by atoms with van der Waals surface area (Å²) >= 11 is 0. The molecular formula is C12H17FN2O. The van der Waals surface area contributed by atoms with Crippen molar-refractivity contribution in [1.29, 1.82) is 0 Å². The van der Waals surface area contributed by atoms with Crippen LogP contribution in [0.3, 0.4) is 0 Å². The number of carbonyl (C=O) groups is 1. The molecule has 88 valence electrons. The number of halogens is 1. The van der Waals surface area contributed by atoms with Crippen LogP contribution in [0, 0.1) is 11.7 Å². The monoisotopic (exact) mass is 224 g/mol. The van der Waals surface area contributed by atoms with E-state index in [0.29, 0.717) is 5.92 Å². The van der Waals surface area contributed by atoms with E-state index in [1.807, 2.05) is 13.8 Å². The fraction of sp³-hybridized carbons (Fsp3) is 0.417. The molecule has 0 aliphatic rings. The van der Waals surface area contributed by atoms with E-state index < -0.39 is 5.91 Å². The fourth-order valence-electron chi connectivity index (χ4n) is 1.62. The van der Waals surface area contributed by atoms with Crippen LogP contribution in [0.2, 0.25) is 0 Å². The van der Waals surface area contributed by atoms with Crippen molar-refractivity contribution in [2.75, 3.05) is 6.54 Å². The lowest BCUT2D eigenvalue weighted by Gasteiger charge is -2.22. The Kier molecular flexibility index (Phi) is 4.43. The van der Waals surface area contributed by atoms with Gasteiger partial charge in [-0.15, -0.1) is 0 Å². The van der Waals surface area contributed by atoms with Gasteiger partial charge in [0.15, 0.2) is 0 Å². The molecule has 0 spiro atoms. The highest BCUT2D eigenvalue weighted by Gasteiger charge is 2.15. The lowest BCUT2D eigenvalue weighted by molar-refractivity contribution is -0.117. The van der Waals surface area contributed by atoms with Gasteiger partial charge in [-0.05, 0) is 23.6 Å². The van der Waals surface area contributed by atoms with Crippen molar-refractivity contribution in [3.05, 3.63) is 35.6 Å². The summed E-state index contributed by atoms with van der Waals surface area (Å²) in [7, 11) is 0. The summed E-state index contributed by atoms with van der Waals surface area (Å²) in [6.45, 7) is 4.18. The second kappa shape index (κ2) is 5.61. The average molecular weight is 224 g/mol. The van der Waals surface area contributed by atoms with Crippen molar-refractivity contribution in [3.63, 3.8) is 0 Å². The molecule has 0 saturated carbocycles. The molecule has 0 unspecified atom stereocenters. The van der Waals surface area contributed by atoms with Gasteiger partial charge in [-0.2, -0.15) is 0 Å². The van der Waals surface area contributed by atoms with E-state index in [2.05, 4.69) is 5.32 Å². The lowest BCUT2D eigenvalue weighted by atomic mass is 9.96. The van der Waals surface area contributed by atoms with Gasteiger partial charge in [0.25, 0.3) is 0 Å². The van der Waals surface area contributed by atoms with Crippen molar-refractivity contribution < 1.29 is 9.18 Å². The summed E-state index contributed by atoms with van der Waals surface area (Å²) in [4.78, 5) is 10.7. The largest absolute Gasteiger partial charge is 0.369 e. The zero-order valence-corrected chi connectivity index (χ0v) is 9.53. The smallest absolute Gasteiger partial charge is 0.231 e. The van der Waals surface area contributed by atoms with E-state index in [0.717, 1.165) is 5.56 Å². The number of nitrogens with two attached hydrogens (primary N) is 1. The molecule has 1 atom stereocenters. The molecule has 3 N–H and O–H groups in total. The number of nitrogens with one attached hydrogen (secondary N) is 1. The minimum atomic E-state index is -0.396. The molecule has 0 bridgehead atoms. The van der Waals surface area contributed by atoms with Crippen LogP contribution in [-0.4, -0.2) is 12.5 Å². The number of hydrogen-bond donors (Lipinski definition) is 2. The Morgan fingerprint density at radius 1 is 1.38 bits per heavy atom. The van der Waals surface area contributed by atoms with Gasteiger partial charge < -0.3 is 11.1 Å². The Balaban J connectivity index is 2.77. The molecule has 0 aromatic heterocycles. The summed E-state index contributed by atoms with van der Waals surface area (Å²) in [5.74, 6) is -0.362. The standard InChI is InChI=1S/C12H17FN2O/c1-8(2)12(15-7-11(14)16)9-3-5-10(13)6-4-9/h3-6,8,12,15H,7H2,1-2H3,(H2,14,16)/t12-/m1/s1. The van der Waals surface area contributed by atoms with Crippen LogP contribution in [-0.2, 0) is 4.79 Å². The molecule has 4 heteroatoms. The number of hydrogen-bond acceptors (Lipinski definition) is 2. The Morgan fingerprint density at radius 3 is 2.38 bits per heavy atom. The molecular weight excluding hydrogens is 207 g/mol. The van der Waals surface area contributed by atoms with Crippen molar-refractivity contribution in [2.45, 2.75) is 19.9 Å². The number of benzene rings is 1. The third kappa shape index (κ3) is 3.62. The SMILES string of the molecule is CC(C)[C@@H](NCC(N)=O)c1ccc(F)cc1. The highest BCUT2D eigenvalue weighted by molar-refractivity contribution is 5.75. The predicted octanol–water partition coefficient (Wildman–Crippen LogP) is 1.60. The summed E-state index contributed by atoms with van der Waals surface area (Å²) in [6, 6.07) is 6.27. The highest BCUT2D eigenvalue weighted by Crippen LogP contribution is 2.21. The quantitative estimate of drug-likeness (QED) is 0.798. The molecule has 0 heterocycles. The summed E-state index contributed by atoms with van der Waals surface area (Å²) in [6.07, 6.45) is 0. The molecule has 0 aliphatic carbocycles. The van der Waals surface area contributed by atoms with Gasteiger partial charge in [0, 0.05) is 6.04 Å². The molecule has 1 amide bonds. The van der Waals surface area contributed by atoms with E-state index in [9.17, 15) is 9.18 Å². The maximum atomic E-state index is 12.8. The number of carbonyl (C=O) groups excluding carboxylic acids is 1. The van der Waals surface area contributed by atoms with Gasteiger partial charge >= 0.3 is 0 Å². The third-order valence-corrected chi connectivity index (χ3v) is 2.39. The molecule has 3 nitrogen and oxygen atoms in total. The molecule has 0 saturated heterocycles. The molecule has 0 radical (unpaired) electrons. The molecule has 0 aliphatic heterocycles. The first kappa shape index (κ1) is 12.6. The van der Waals surface area contributed by atoms with Gasteiger partial charge in [-0.1, -0.05) is 26.0 Å². The van der Waals surface area contributed by atoms with Crippen molar-refractivity contribution in [1.82, 2.24) is 5.32 Å². The van der Waals surface area contributed by atoms with Crippen molar-refractivity contribution in [2.24, 2.45) is 11.7 Å². The number of amides is 1. The number of rotatable bonds is 5. The van der Waals surface area contributed by atoms with Crippen LogP contribution in [0.5, 0.6) is 0 Å². The van der Waals surface area contributed by atoms with E-state index >= 15 is 0 Å². The van der Waals surface area contributed by atoms with Gasteiger partial charge in [0.05, 0.1) is 6.54 Å².